The van der Waals surface area contributed by atoms with Gasteiger partial charge in [-0.2, -0.15) is 0 Å². The van der Waals surface area contributed by atoms with Gasteiger partial charge in [0, 0.05) is 6.04 Å². The molecule has 0 amide bonds. The summed E-state index contributed by atoms with van der Waals surface area (Å²) < 4.78 is 13.4. The Bertz CT molecular complexity index is 357. The van der Waals surface area contributed by atoms with Crippen LogP contribution in [0, 0.1) is 5.82 Å². The Morgan fingerprint density at radius 2 is 2.29 bits per heavy atom. The average molecular weight is 262 g/mol. The molecule has 3 nitrogen and oxygen atoms in total. The van der Waals surface area contributed by atoms with Crippen LogP contribution in [0.2, 0.25) is 0 Å². The number of nitrogens with two attached hydrogens (primary N) is 1. The molecule has 1 aromatic rings. The standard InChI is InChI=1S/C9H9BrFNO2/c10-6-2-1-5(3-7(6)11)8(12)4-9(13)14/h1-3,8H,4,12H2,(H,13,14)/t8-/m0/s1. The average Bonchev–Trinajstić information content (AvgIpc) is 2.08. The lowest BCUT2D eigenvalue weighted by Gasteiger charge is -2.09. The van der Waals surface area contributed by atoms with E-state index in [9.17, 15) is 9.18 Å². The minimum Gasteiger partial charge on any atom is -0.481 e. The third-order valence-corrected chi connectivity index (χ3v) is 2.41. The van der Waals surface area contributed by atoms with Gasteiger partial charge in [-0.15, -0.1) is 0 Å². The van der Waals surface area contributed by atoms with Crippen LogP contribution in [0.4, 0.5) is 4.39 Å². The molecule has 0 fully saturated rings. The fourth-order valence-electron chi connectivity index (χ4n) is 1.05. The molecule has 1 aromatic carbocycles. The van der Waals surface area contributed by atoms with Crippen molar-refractivity contribution in [1.29, 1.82) is 0 Å². The molecule has 76 valence electrons. The first kappa shape index (κ1) is 11.1. The molecule has 0 aliphatic carbocycles. The quantitative estimate of drug-likeness (QED) is 0.876. The summed E-state index contributed by atoms with van der Waals surface area (Å²) >= 11 is 3.00. The Labute approximate surface area is 88.9 Å². The third kappa shape index (κ3) is 2.78. The second-order valence-corrected chi connectivity index (χ2v) is 3.73. The van der Waals surface area contributed by atoms with Crippen molar-refractivity contribution in [2.45, 2.75) is 12.5 Å². The number of carboxylic acids is 1. The molecule has 1 rings (SSSR count). The van der Waals surface area contributed by atoms with Gasteiger partial charge in [0.25, 0.3) is 0 Å². The van der Waals surface area contributed by atoms with Gasteiger partial charge in [-0.3, -0.25) is 4.79 Å². The number of rotatable bonds is 3. The summed E-state index contributed by atoms with van der Waals surface area (Å²) in [5.41, 5.74) is 6.03. The molecule has 0 bridgehead atoms. The summed E-state index contributed by atoms with van der Waals surface area (Å²) in [5, 5.41) is 8.49. The van der Waals surface area contributed by atoms with Crippen molar-refractivity contribution in [2.24, 2.45) is 5.73 Å². The number of hydrogen-bond donors (Lipinski definition) is 2. The second-order valence-electron chi connectivity index (χ2n) is 2.88. The zero-order valence-electron chi connectivity index (χ0n) is 7.21. The van der Waals surface area contributed by atoms with E-state index in [1.54, 1.807) is 6.07 Å². The van der Waals surface area contributed by atoms with Gasteiger partial charge in [0.1, 0.15) is 5.82 Å². The first-order valence-electron chi connectivity index (χ1n) is 3.93. The molecule has 14 heavy (non-hydrogen) atoms. The molecule has 0 saturated heterocycles. The van der Waals surface area contributed by atoms with Crippen LogP contribution in [-0.4, -0.2) is 11.1 Å². The topological polar surface area (TPSA) is 63.3 Å². The van der Waals surface area contributed by atoms with Crippen LogP contribution in [0.15, 0.2) is 22.7 Å². The summed E-state index contributed by atoms with van der Waals surface area (Å²) in [7, 11) is 0. The highest BCUT2D eigenvalue weighted by Crippen LogP contribution is 2.21. The van der Waals surface area contributed by atoms with Crippen LogP contribution in [-0.2, 0) is 4.79 Å². The van der Waals surface area contributed by atoms with Gasteiger partial charge in [-0.05, 0) is 33.6 Å². The van der Waals surface area contributed by atoms with Crippen molar-refractivity contribution in [3.8, 4) is 0 Å². The van der Waals surface area contributed by atoms with E-state index < -0.39 is 17.8 Å². The van der Waals surface area contributed by atoms with Gasteiger partial charge in [0.15, 0.2) is 0 Å². The van der Waals surface area contributed by atoms with Gasteiger partial charge < -0.3 is 10.8 Å². The maximum atomic E-state index is 13.0. The Balaban J connectivity index is 2.85. The normalized spacial score (nSPS) is 12.5. The van der Waals surface area contributed by atoms with Crippen LogP contribution >= 0.6 is 15.9 Å². The molecule has 0 aromatic heterocycles. The molecule has 0 aliphatic rings. The summed E-state index contributed by atoms with van der Waals surface area (Å²) in [4.78, 5) is 10.4. The molecule has 0 radical (unpaired) electrons. The maximum Gasteiger partial charge on any atom is 0.305 e. The summed E-state index contributed by atoms with van der Waals surface area (Å²) in [6.07, 6.45) is -0.207. The van der Waals surface area contributed by atoms with Crippen molar-refractivity contribution in [2.75, 3.05) is 0 Å². The van der Waals surface area contributed by atoms with Crippen LogP contribution in [0.25, 0.3) is 0 Å². The van der Waals surface area contributed by atoms with E-state index in [-0.39, 0.29) is 6.42 Å². The number of benzene rings is 1. The SMILES string of the molecule is N[C@@H](CC(=O)O)c1ccc(Br)c(F)c1. The number of aliphatic carboxylic acids is 1. The van der Waals surface area contributed by atoms with Gasteiger partial charge in [0.05, 0.1) is 10.9 Å². The predicted octanol–water partition coefficient (Wildman–Crippen LogP) is 2.06. The van der Waals surface area contributed by atoms with E-state index in [2.05, 4.69) is 15.9 Å². The van der Waals surface area contributed by atoms with Gasteiger partial charge in [-0.1, -0.05) is 6.07 Å². The number of carboxylic acid groups (broad SMARTS) is 1. The zero-order valence-corrected chi connectivity index (χ0v) is 8.79. The van der Waals surface area contributed by atoms with Crippen LogP contribution < -0.4 is 5.73 Å². The predicted molar refractivity (Wildman–Crippen MR) is 53.3 cm³/mol. The molecule has 1 atom stereocenters. The Morgan fingerprint density at radius 1 is 1.64 bits per heavy atom. The van der Waals surface area contributed by atoms with Crippen LogP contribution in [0.1, 0.15) is 18.0 Å². The van der Waals surface area contributed by atoms with E-state index >= 15 is 0 Å². The number of carbonyl (C=O) groups is 1. The molecule has 0 spiro atoms. The second kappa shape index (κ2) is 4.52. The van der Waals surface area contributed by atoms with Crippen molar-refractivity contribution in [3.05, 3.63) is 34.1 Å². The zero-order chi connectivity index (χ0) is 10.7. The molecular weight excluding hydrogens is 253 g/mol. The molecular formula is C9H9BrFNO2. The van der Waals surface area contributed by atoms with Crippen molar-refractivity contribution in [3.63, 3.8) is 0 Å². The van der Waals surface area contributed by atoms with E-state index in [4.69, 9.17) is 10.8 Å². The van der Waals surface area contributed by atoms with Gasteiger partial charge >= 0.3 is 5.97 Å². The Morgan fingerprint density at radius 3 is 2.79 bits per heavy atom. The highest BCUT2D eigenvalue weighted by molar-refractivity contribution is 9.10. The number of hydrogen-bond acceptors (Lipinski definition) is 2. The fourth-order valence-corrected chi connectivity index (χ4v) is 1.30. The van der Waals surface area contributed by atoms with Gasteiger partial charge in [-0.25, -0.2) is 4.39 Å². The lowest BCUT2D eigenvalue weighted by molar-refractivity contribution is -0.137. The molecule has 0 aliphatic heterocycles. The van der Waals surface area contributed by atoms with Crippen LogP contribution in [0.3, 0.4) is 0 Å². The minimum absolute atomic E-state index is 0.207. The first-order chi connectivity index (χ1) is 6.50. The smallest absolute Gasteiger partial charge is 0.305 e. The van der Waals surface area contributed by atoms with Crippen molar-refractivity contribution < 1.29 is 14.3 Å². The molecule has 5 heteroatoms. The fraction of sp³-hybridized carbons (Fsp3) is 0.222. The van der Waals surface area contributed by atoms with E-state index in [1.807, 2.05) is 0 Å². The lowest BCUT2D eigenvalue weighted by atomic mass is 10.1. The van der Waals surface area contributed by atoms with E-state index in [1.165, 1.54) is 12.1 Å². The summed E-state index contributed by atoms with van der Waals surface area (Å²) in [6, 6.07) is 3.67. The molecule has 0 heterocycles. The highest BCUT2D eigenvalue weighted by atomic mass is 79.9. The monoisotopic (exact) mass is 261 g/mol. The lowest BCUT2D eigenvalue weighted by Crippen LogP contribution is -2.15. The molecule has 0 saturated carbocycles. The summed E-state index contributed by atoms with van der Waals surface area (Å²) in [5.74, 6) is -1.44. The first-order valence-corrected chi connectivity index (χ1v) is 4.72. The third-order valence-electron chi connectivity index (χ3n) is 1.77. The maximum absolute atomic E-state index is 13.0. The Hall–Kier alpha value is -0.940. The van der Waals surface area contributed by atoms with Crippen molar-refractivity contribution in [1.82, 2.24) is 0 Å². The molecule has 0 unspecified atom stereocenters. The largest absolute Gasteiger partial charge is 0.481 e. The summed E-state index contributed by atoms with van der Waals surface area (Å²) in [6.45, 7) is 0. The Kier molecular flexibility index (Phi) is 3.60. The van der Waals surface area contributed by atoms with Crippen LogP contribution in [0.5, 0.6) is 0 Å². The minimum atomic E-state index is -0.999. The highest BCUT2D eigenvalue weighted by Gasteiger charge is 2.11. The van der Waals surface area contributed by atoms with E-state index in [0.717, 1.165) is 0 Å². The van der Waals surface area contributed by atoms with Crippen molar-refractivity contribution >= 4 is 21.9 Å². The van der Waals surface area contributed by atoms with E-state index in [0.29, 0.717) is 10.0 Å². The molecule has 3 N–H and O–H groups in total. The van der Waals surface area contributed by atoms with Gasteiger partial charge in [0.2, 0.25) is 0 Å². The number of halogens is 2.